The molecule has 0 atom stereocenters. The molecule has 24 heavy (non-hydrogen) atoms. The lowest BCUT2D eigenvalue weighted by Gasteiger charge is -2.11. The maximum absolute atomic E-state index is 5.64. The summed E-state index contributed by atoms with van der Waals surface area (Å²) in [6, 6.07) is 8.29. The molecule has 0 aliphatic rings. The van der Waals surface area contributed by atoms with Crippen molar-refractivity contribution >= 4 is 6.01 Å². The van der Waals surface area contributed by atoms with Crippen molar-refractivity contribution in [2.45, 2.75) is 26.3 Å². The first-order valence-electron chi connectivity index (χ1n) is 7.91. The second kappa shape index (κ2) is 7.16. The minimum absolute atomic E-state index is 0.521. The number of ether oxygens (including phenoxy) is 1. The second-order valence-electron chi connectivity index (χ2n) is 5.58. The average Bonchev–Trinajstić information content (AvgIpc) is 3.25. The van der Waals surface area contributed by atoms with Crippen LogP contribution in [0.25, 0.3) is 5.69 Å². The van der Waals surface area contributed by atoms with Crippen LogP contribution in [0.4, 0.5) is 6.01 Å². The van der Waals surface area contributed by atoms with E-state index < -0.39 is 0 Å². The van der Waals surface area contributed by atoms with E-state index in [2.05, 4.69) is 22.2 Å². The van der Waals surface area contributed by atoms with Gasteiger partial charge in [-0.05, 0) is 18.6 Å². The molecule has 0 saturated carbocycles. The van der Waals surface area contributed by atoms with E-state index in [4.69, 9.17) is 9.15 Å². The number of benzene rings is 1. The molecule has 0 fully saturated rings. The number of nitrogens with zero attached hydrogens (tertiary/aromatic N) is 5. The van der Waals surface area contributed by atoms with Crippen molar-refractivity contribution in [1.29, 1.82) is 0 Å². The van der Waals surface area contributed by atoms with E-state index in [-0.39, 0.29) is 0 Å². The van der Waals surface area contributed by atoms with Gasteiger partial charge >= 0.3 is 6.01 Å². The molecular formula is C17H21N5O2. The first kappa shape index (κ1) is 16.0. The fourth-order valence-corrected chi connectivity index (χ4v) is 2.39. The Kier molecular flexibility index (Phi) is 4.79. The Balaban J connectivity index is 1.70. The van der Waals surface area contributed by atoms with Crippen molar-refractivity contribution in [1.82, 2.24) is 20.0 Å². The number of anilines is 1. The monoisotopic (exact) mass is 327 g/mol. The van der Waals surface area contributed by atoms with E-state index in [1.165, 1.54) is 0 Å². The standard InChI is InChI=1S/C17H21N5O2/c1-4-6-16-19-20-17(24-16)21(2)11-13-10-18-22(12-13)14-7-5-8-15(9-14)23-3/h5,7-10,12H,4,6,11H2,1-3H3. The summed E-state index contributed by atoms with van der Waals surface area (Å²) in [6.07, 6.45) is 5.60. The lowest BCUT2D eigenvalue weighted by atomic mass is 10.3. The van der Waals surface area contributed by atoms with Gasteiger partial charge in [-0.25, -0.2) is 4.68 Å². The van der Waals surface area contributed by atoms with Crippen LogP contribution in [0, 0.1) is 0 Å². The van der Waals surface area contributed by atoms with Crippen molar-refractivity contribution in [2.75, 3.05) is 19.1 Å². The van der Waals surface area contributed by atoms with E-state index in [0.29, 0.717) is 18.5 Å². The van der Waals surface area contributed by atoms with Gasteiger partial charge in [0.15, 0.2) is 0 Å². The van der Waals surface area contributed by atoms with Crippen LogP contribution in [0.1, 0.15) is 24.8 Å². The van der Waals surface area contributed by atoms with Gasteiger partial charge in [-0.15, -0.1) is 5.10 Å². The molecule has 0 aliphatic carbocycles. The number of methoxy groups -OCH3 is 1. The van der Waals surface area contributed by atoms with Gasteiger partial charge in [0.25, 0.3) is 0 Å². The van der Waals surface area contributed by atoms with E-state index in [0.717, 1.165) is 29.8 Å². The Morgan fingerprint density at radius 2 is 2.17 bits per heavy atom. The summed E-state index contributed by atoms with van der Waals surface area (Å²) in [4.78, 5) is 1.92. The third kappa shape index (κ3) is 3.56. The Labute approximate surface area is 140 Å². The number of hydrogen-bond donors (Lipinski definition) is 0. The number of hydrogen-bond acceptors (Lipinski definition) is 6. The number of rotatable bonds is 7. The maximum Gasteiger partial charge on any atom is 0.318 e. The summed E-state index contributed by atoms with van der Waals surface area (Å²) < 4.78 is 12.7. The van der Waals surface area contributed by atoms with Gasteiger partial charge in [0, 0.05) is 31.3 Å². The van der Waals surface area contributed by atoms with Crippen LogP contribution in [-0.4, -0.2) is 34.1 Å². The molecule has 126 valence electrons. The van der Waals surface area contributed by atoms with Gasteiger partial charge in [0.05, 0.1) is 25.5 Å². The Hall–Kier alpha value is -2.83. The first-order valence-corrected chi connectivity index (χ1v) is 7.91. The minimum atomic E-state index is 0.521. The number of aryl methyl sites for hydroxylation is 1. The molecule has 0 radical (unpaired) electrons. The van der Waals surface area contributed by atoms with E-state index in [1.54, 1.807) is 7.11 Å². The zero-order chi connectivity index (χ0) is 16.9. The third-order valence-electron chi connectivity index (χ3n) is 3.62. The van der Waals surface area contributed by atoms with Crippen LogP contribution < -0.4 is 9.64 Å². The minimum Gasteiger partial charge on any atom is -0.497 e. The summed E-state index contributed by atoms with van der Waals surface area (Å²) in [5, 5.41) is 12.5. The Morgan fingerprint density at radius 1 is 1.29 bits per heavy atom. The highest BCUT2D eigenvalue weighted by molar-refractivity contribution is 5.39. The van der Waals surface area contributed by atoms with Crippen LogP contribution in [0.3, 0.4) is 0 Å². The molecule has 0 unspecified atom stereocenters. The van der Waals surface area contributed by atoms with Crippen molar-refractivity contribution in [3.8, 4) is 11.4 Å². The van der Waals surface area contributed by atoms with Crippen molar-refractivity contribution in [3.05, 3.63) is 48.1 Å². The molecule has 0 saturated heterocycles. The van der Waals surface area contributed by atoms with Crippen molar-refractivity contribution in [2.24, 2.45) is 0 Å². The number of aromatic nitrogens is 4. The van der Waals surface area contributed by atoms with E-state index in [1.807, 2.05) is 53.3 Å². The average molecular weight is 327 g/mol. The summed E-state index contributed by atoms with van der Waals surface area (Å²) in [6.45, 7) is 2.72. The fraction of sp³-hybridized carbons (Fsp3) is 0.353. The van der Waals surface area contributed by atoms with E-state index in [9.17, 15) is 0 Å². The lowest BCUT2D eigenvalue weighted by Crippen LogP contribution is -2.16. The highest BCUT2D eigenvalue weighted by Crippen LogP contribution is 2.18. The summed E-state index contributed by atoms with van der Waals surface area (Å²) in [7, 11) is 3.58. The van der Waals surface area contributed by atoms with Crippen LogP contribution in [0.2, 0.25) is 0 Å². The van der Waals surface area contributed by atoms with E-state index >= 15 is 0 Å². The van der Waals surface area contributed by atoms with Gasteiger partial charge in [-0.3, -0.25) is 0 Å². The van der Waals surface area contributed by atoms with Crippen LogP contribution in [0.15, 0.2) is 41.1 Å². The molecule has 0 aliphatic heterocycles. The molecule has 0 spiro atoms. The quantitative estimate of drug-likeness (QED) is 0.664. The molecule has 7 heteroatoms. The van der Waals surface area contributed by atoms with Gasteiger partial charge < -0.3 is 14.1 Å². The van der Waals surface area contributed by atoms with Crippen LogP contribution >= 0.6 is 0 Å². The third-order valence-corrected chi connectivity index (χ3v) is 3.62. The van der Waals surface area contributed by atoms with Gasteiger partial charge in [0.1, 0.15) is 5.75 Å². The van der Waals surface area contributed by atoms with Gasteiger partial charge in [-0.2, -0.15) is 5.10 Å². The Bertz CT molecular complexity index is 796. The fourth-order valence-electron chi connectivity index (χ4n) is 2.39. The maximum atomic E-state index is 5.64. The molecule has 3 aromatic rings. The summed E-state index contributed by atoms with van der Waals surface area (Å²) >= 11 is 0. The molecule has 3 rings (SSSR count). The highest BCUT2D eigenvalue weighted by Gasteiger charge is 2.12. The molecule has 2 heterocycles. The molecule has 0 N–H and O–H groups in total. The van der Waals surface area contributed by atoms with Crippen molar-refractivity contribution in [3.63, 3.8) is 0 Å². The highest BCUT2D eigenvalue weighted by atomic mass is 16.5. The summed E-state index contributed by atoms with van der Waals surface area (Å²) in [5.74, 6) is 1.47. The Morgan fingerprint density at radius 3 is 2.96 bits per heavy atom. The molecule has 0 bridgehead atoms. The predicted octanol–water partition coefficient (Wildman–Crippen LogP) is 2.85. The SMILES string of the molecule is CCCc1nnc(N(C)Cc2cnn(-c3cccc(OC)c3)c2)o1. The smallest absolute Gasteiger partial charge is 0.318 e. The second-order valence-corrected chi connectivity index (χ2v) is 5.58. The zero-order valence-corrected chi connectivity index (χ0v) is 14.1. The zero-order valence-electron chi connectivity index (χ0n) is 14.1. The molecule has 0 amide bonds. The lowest BCUT2D eigenvalue weighted by molar-refractivity contribution is 0.414. The molecule has 7 nitrogen and oxygen atoms in total. The van der Waals surface area contributed by atoms with Gasteiger partial charge in [0.2, 0.25) is 5.89 Å². The molecule has 2 aromatic heterocycles. The van der Waals surface area contributed by atoms with Gasteiger partial charge in [-0.1, -0.05) is 18.1 Å². The molecule has 1 aromatic carbocycles. The largest absolute Gasteiger partial charge is 0.497 e. The summed E-state index contributed by atoms with van der Waals surface area (Å²) in [5.41, 5.74) is 2.00. The van der Waals surface area contributed by atoms with Crippen LogP contribution in [0.5, 0.6) is 5.75 Å². The predicted molar refractivity (Wildman–Crippen MR) is 90.5 cm³/mol. The van der Waals surface area contributed by atoms with Crippen LogP contribution in [-0.2, 0) is 13.0 Å². The first-order chi connectivity index (χ1) is 11.7. The normalized spacial score (nSPS) is 10.8. The topological polar surface area (TPSA) is 69.2 Å². The van der Waals surface area contributed by atoms with Crippen molar-refractivity contribution < 1.29 is 9.15 Å². The molecular weight excluding hydrogens is 306 g/mol.